The second kappa shape index (κ2) is 13.1. The first-order valence-corrected chi connectivity index (χ1v) is 11.3. The first-order chi connectivity index (χ1) is 13.4. The summed E-state index contributed by atoms with van der Waals surface area (Å²) in [7, 11) is -2.04. The second-order valence-electron chi connectivity index (χ2n) is 5.95. The van der Waals surface area contributed by atoms with Gasteiger partial charge in [-0.05, 0) is 31.5 Å². The molecule has 8 nitrogen and oxygen atoms in total. The first kappa shape index (κ1) is 25.8. The van der Waals surface area contributed by atoms with Crippen LogP contribution >= 0.6 is 35.3 Å². The Morgan fingerprint density at radius 3 is 2.76 bits per heavy atom. The van der Waals surface area contributed by atoms with Gasteiger partial charge in [0.15, 0.2) is 5.96 Å². The standard InChI is InChI=1S/C18H27N5O3S2.HI/c1-4-19-18(22-13-17-20-11-14(2)27-17)21-12-15-6-5-7-16(10-15)28(24,25)23-8-9-26-3;/h5-7,10-11,23H,4,8-9,12-13H2,1-3H3,(H2,19,21,22);1H. The molecule has 2 rings (SSSR count). The maximum absolute atomic E-state index is 12.3. The van der Waals surface area contributed by atoms with Crippen molar-refractivity contribution >= 4 is 51.3 Å². The lowest BCUT2D eigenvalue weighted by Crippen LogP contribution is -2.36. The average molecular weight is 553 g/mol. The number of guanidine groups is 1. The molecule has 0 amide bonds. The highest BCUT2D eigenvalue weighted by molar-refractivity contribution is 14.0. The summed E-state index contributed by atoms with van der Waals surface area (Å²) in [4.78, 5) is 10.2. The summed E-state index contributed by atoms with van der Waals surface area (Å²) < 4.78 is 32.0. The lowest BCUT2D eigenvalue weighted by molar-refractivity contribution is 0.204. The quantitative estimate of drug-likeness (QED) is 0.181. The highest BCUT2D eigenvalue weighted by atomic mass is 127. The number of aliphatic imine (C=N–C) groups is 1. The smallest absolute Gasteiger partial charge is 0.240 e. The van der Waals surface area contributed by atoms with Crippen LogP contribution in [0.4, 0.5) is 0 Å². The van der Waals surface area contributed by atoms with Crippen molar-refractivity contribution in [2.75, 3.05) is 26.8 Å². The van der Waals surface area contributed by atoms with Gasteiger partial charge in [-0.2, -0.15) is 0 Å². The summed E-state index contributed by atoms with van der Waals surface area (Å²) >= 11 is 1.64. The van der Waals surface area contributed by atoms with Crippen molar-refractivity contribution in [2.45, 2.75) is 31.8 Å². The molecule has 0 radical (unpaired) electrons. The van der Waals surface area contributed by atoms with E-state index in [0.29, 0.717) is 25.7 Å². The third-order valence-electron chi connectivity index (χ3n) is 3.65. The fourth-order valence-corrected chi connectivity index (χ4v) is 4.14. The van der Waals surface area contributed by atoms with E-state index in [9.17, 15) is 8.42 Å². The zero-order valence-corrected chi connectivity index (χ0v) is 20.7. The number of thiazole rings is 1. The summed E-state index contributed by atoms with van der Waals surface area (Å²) in [6.45, 7) is 6.22. The largest absolute Gasteiger partial charge is 0.383 e. The third-order valence-corrected chi connectivity index (χ3v) is 6.02. The van der Waals surface area contributed by atoms with Crippen LogP contribution in [-0.2, 0) is 27.8 Å². The molecule has 0 aliphatic rings. The van der Waals surface area contributed by atoms with Crippen LogP contribution in [0.15, 0.2) is 40.4 Å². The second-order valence-corrected chi connectivity index (χ2v) is 9.04. The minimum absolute atomic E-state index is 0. The Labute approximate surface area is 193 Å². The van der Waals surface area contributed by atoms with Crippen molar-refractivity contribution in [3.63, 3.8) is 0 Å². The molecule has 11 heteroatoms. The molecule has 162 valence electrons. The monoisotopic (exact) mass is 553 g/mol. The van der Waals surface area contributed by atoms with E-state index in [2.05, 4.69) is 25.3 Å². The molecule has 2 aromatic rings. The number of nitrogens with zero attached hydrogens (tertiary/aromatic N) is 2. The fourth-order valence-electron chi connectivity index (χ4n) is 2.33. The van der Waals surface area contributed by atoms with Crippen LogP contribution < -0.4 is 15.4 Å². The van der Waals surface area contributed by atoms with Crippen molar-refractivity contribution in [2.24, 2.45) is 4.99 Å². The van der Waals surface area contributed by atoms with Crippen LogP contribution in [-0.4, -0.2) is 46.2 Å². The van der Waals surface area contributed by atoms with Crippen LogP contribution in [0.5, 0.6) is 0 Å². The number of halogens is 1. The highest BCUT2D eigenvalue weighted by Gasteiger charge is 2.13. The first-order valence-electron chi connectivity index (χ1n) is 8.95. The van der Waals surface area contributed by atoms with Crippen LogP contribution in [0, 0.1) is 6.92 Å². The number of aryl methyl sites for hydroxylation is 1. The molecular formula is C18H28IN5O3S2. The minimum atomic E-state index is -3.56. The molecule has 0 saturated heterocycles. The Kier molecular flexibility index (Phi) is 11.6. The van der Waals surface area contributed by atoms with E-state index in [1.54, 1.807) is 29.5 Å². The van der Waals surface area contributed by atoms with Crippen LogP contribution in [0.3, 0.4) is 0 Å². The van der Waals surface area contributed by atoms with Gasteiger partial charge >= 0.3 is 0 Å². The molecule has 0 fully saturated rings. The van der Waals surface area contributed by atoms with Crippen molar-refractivity contribution in [1.82, 2.24) is 20.3 Å². The fraction of sp³-hybridized carbons (Fsp3) is 0.444. The lowest BCUT2D eigenvalue weighted by Gasteiger charge is -2.11. The minimum Gasteiger partial charge on any atom is -0.383 e. The predicted octanol–water partition coefficient (Wildman–Crippen LogP) is 2.25. The SMILES string of the molecule is CCNC(=NCc1cccc(S(=O)(=O)NCCOC)c1)NCc1ncc(C)s1.I. The summed E-state index contributed by atoms with van der Waals surface area (Å²) in [6.07, 6.45) is 1.85. The molecule has 0 atom stereocenters. The van der Waals surface area contributed by atoms with Gasteiger partial charge in [-0.3, -0.25) is 0 Å². The number of ether oxygens (including phenoxy) is 1. The number of sulfonamides is 1. The number of hydrogen-bond donors (Lipinski definition) is 3. The number of rotatable bonds is 10. The van der Waals surface area contributed by atoms with Crippen molar-refractivity contribution in [1.29, 1.82) is 0 Å². The van der Waals surface area contributed by atoms with Gasteiger partial charge in [0.05, 0.1) is 24.6 Å². The van der Waals surface area contributed by atoms with Crippen molar-refractivity contribution in [3.8, 4) is 0 Å². The van der Waals surface area contributed by atoms with Crippen molar-refractivity contribution in [3.05, 3.63) is 45.9 Å². The van der Waals surface area contributed by atoms with E-state index >= 15 is 0 Å². The molecule has 0 spiro atoms. The Morgan fingerprint density at radius 1 is 1.31 bits per heavy atom. The number of methoxy groups -OCH3 is 1. The Morgan fingerprint density at radius 2 is 2.10 bits per heavy atom. The van der Waals surface area contributed by atoms with E-state index in [0.717, 1.165) is 22.0 Å². The summed E-state index contributed by atoms with van der Waals surface area (Å²) in [5.74, 6) is 0.654. The molecule has 0 unspecified atom stereocenters. The maximum atomic E-state index is 12.3. The van der Waals surface area contributed by atoms with Gasteiger partial charge in [0.2, 0.25) is 10.0 Å². The normalized spacial score (nSPS) is 11.8. The average Bonchev–Trinajstić information content (AvgIpc) is 3.09. The summed E-state index contributed by atoms with van der Waals surface area (Å²) in [5, 5.41) is 7.41. The summed E-state index contributed by atoms with van der Waals surface area (Å²) in [5.41, 5.74) is 0.803. The van der Waals surface area contributed by atoms with Gasteiger partial charge < -0.3 is 15.4 Å². The van der Waals surface area contributed by atoms with Crippen LogP contribution in [0.1, 0.15) is 22.4 Å². The van der Waals surface area contributed by atoms with Gasteiger partial charge in [-0.15, -0.1) is 35.3 Å². The summed E-state index contributed by atoms with van der Waals surface area (Å²) in [6, 6.07) is 6.77. The van der Waals surface area contributed by atoms with E-state index < -0.39 is 10.0 Å². The van der Waals surface area contributed by atoms with Crippen LogP contribution in [0.25, 0.3) is 0 Å². The van der Waals surface area contributed by atoms with Gasteiger partial charge in [-0.1, -0.05) is 12.1 Å². The predicted molar refractivity (Wildman–Crippen MR) is 127 cm³/mol. The molecule has 3 N–H and O–H groups in total. The number of nitrogens with one attached hydrogen (secondary N) is 3. The Bertz CT molecular complexity index is 887. The molecule has 1 heterocycles. The van der Waals surface area contributed by atoms with Gasteiger partial charge in [0.25, 0.3) is 0 Å². The molecular weight excluding hydrogens is 525 g/mol. The zero-order chi connectivity index (χ0) is 20.4. The Hall–Kier alpha value is -1.28. The number of benzene rings is 1. The van der Waals surface area contributed by atoms with E-state index in [-0.39, 0.29) is 35.4 Å². The number of aromatic nitrogens is 1. The maximum Gasteiger partial charge on any atom is 0.240 e. The molecule has 0 bridgehead atoms. The molecule has 0 aliphatic carbocycles. The molecule has 1 aromatic heterocycles. The van der Waals surface area contributed by atoms with E-state index in [4.69, 9.17) is 4.74 Å². The molecule has 0 saturated carbocycles. The Balaban J connectivity index is 0.00000420. The molecule has 29 heavy (non-hydrogen) atoms. The highest BCUT2D eigenvalue weighted by Crippen LogP contribution is 2.13. The lowest BCUT2D eigenvalue weighted by atomic mass is 10.2. The molecule has 1 aromatic carbocycles. The van der Waals surface area contributed by atoms with Gasteiger partial charge in [0, 0.05) is 31.3 Å². The zero-order valence-electron chi connectivity index (χ0n) is 16.8. The van der Waals surface area contributed by atoms with Gasteiger partial charge in [0.1, 0.15) is 5.01 Å². The van der Waals surface area contributed by atoms with E-state index in [1.807, 2.05) is 26.1 Å². The van der Waals surface area contributed by atoms with E-state index in [1.165, 1.54) is 7.11 Å². The third kappa shape index (κ3) is 8.95. The van der Waals surface area contributed by atoms with Crippen molar-refractivity contribution < 1.29 is 13.2 Å². The van der Waals surface area contributed by atoms with Crippen LogP contribution in [0.2, 0.25) is 0 Å². The topological polar surface area (TPSA) is 105 Å². The number of hydrogen-bond acceptors (Lipinski definition) is 6. The molecule has 0 aliphatic heterocycles. The van der Waals surface area contributed by atoms with Gasteiger partial charge in [-0.25, -0.2) is 23.1 Å².